The number of phenols is 1. The number of aromatic amines is 1. The zero-order chi connectivity index (χ0) is 22.2. The van der Waals surface area contributed by atoms with Gasteiger partial charge in [-0.05, 0) is 64.2 Å². The van der Waals surface area contributed by atoms with Crippen LogP contribution in [-0.4, -0.2) is 41.6 Å². The van der Waals surface area contributed by atoms with E-state index in [0.29, 0.717) is 17.1 Å². The van der Waals surface area contributed by atoms with Gasteiger partial charge in [-0.15, -0.1) is 5.10 Å². The largest absolute Gasteiger partial charge is 0.507 e. The molecule has 1 aliphatic rings. The maximum absolute atomic E-state index is 10.5. The van der Waals surface area contributed by atoms with E-state index in [4.69, 9.17) is 0 Å². The molecule has 0 spiro atoms. The first-order valence-corrected chi connectivity index (χ1v) is 10.4. The summed E-state index contributed by atoms with van der Waals surface area (Å²) >= 11 is 0. The van der Waals surface area contributed by atoms with Crippen molar-refractivity contribution >= 4 is 0 Å². The van der Waals surface area contributed by atoms with Crippen LogP contribution in [0.25, 0.3) is 22.5 Å². The summed E-state index contributed by atoms with van der Waals surface area (Å²) in [4.78, 5) is 4.42. The molecule has 0 saturated carbocycles. The smallest absolute Gasteiger partial charge is 0.185 e. The van der Waals surface area contributed by atoms with Crippen molar-refractivity contribution in [1.29, 1.82) is 5.26 Å². The van der Waals surface area contributed by atoms with Crippen LogP contribution in [-0.2, 0) is 0 Å². The molecular weight excluding hydrogens is 390 g/mol. The second-order valence-corrected chi connectivity index (χ2v) is 9.59. The number of nitriles is 1. The van der Waals surface area contributed by atoms with Crippen LogP contribution in [0.4, 0.5) is 0 Å². The predicted octanol–water partition coefficient (Wildman–Crippen LogP) is 3.80. The van der Waals surface area contributed by atoms with E-state index in [1.54, 1.807) is 30.7 Å². The quantitative estimate of drug-likeness (QED) is 0.590. The summed E-state index contributed by atoms with van der Waals surface area (Å²) in [6.45, 7) is 8.66. The number of benzene rings is 1. The van der Waals surface area contributed by atoms with Crippen LogP contribution in [0.2, 0.25) is 0 Å². The van der Waals surface area contributed by atoms with E-state index in [2.05, 4.69) is 64.5 Å². The molecule has 1 aromatic carbocycles. The topological polar surface area (TPSA) is 123 Å². The summed E-state index contributed by atoms with van der Waals surface area (Å²) < 4.78 is 0. The standard InChI is InChI=1S/C23H27N7O/c1-22(2)8-15(9-23(3,4)30-22)18(10-24)19-13-25-21(29-28-19)17-6-5-14(7-20(17)31)16-11-26-27-12-16/h5-7,11-13,15,18,30-31H,8-9H2,1-4H3,(H,26,27). The highest BCUT2D eigenvalue weighted by Gasteiger charge is 2.41. The highest BCUT2D eigenvalue weighted by molar-refractivity contribution is 5.72. The molecule has 0 radical (unpaired) electrons. The van der Waals surface area contributed by atoms with Crippen molar-refractivity contribution in [2.75, 3.05) is 0 Å². The summed E-state index contributed by atoms with van der Waals surface area (Å²) in [5.74, 6) is 0.155. The number of hydrogen-bond donors (Lipinski definition) is 3. The Labute approximate surface area is 181 Å². The molecule has 4 rings (SSSR count). The summed E-state index contributed by atoms with van der Waals surface area (Å²) in [5.41, 5.74) is 2.64. The fraction of sp³-hybridized carbons (Fsp3) is 0.435. The Bertz CT molecular complexity index is 1080. The van der Waals surface area contributed by atoms with Gasteiger partial charge >= 0.3 is 0 Å². The summed E-state index contributed by atoms with van der Waals surface area (Å²) in [7, 11) is 0. The highest BCUT2D eigenvalue weighted by atomic mass is 16.3. The molecule has 1 aliphatic heterocycles. The first-order chi connectivity index (χ1) is 14.7. The molecule has 0 bridgehead atoms. The molecule has 1 atom stereocenters. The lowest BCUT2D eigenvalue weighted by atomic mass is 9.70. The van der Waals surface area contributed by atoms with Crippen LogP contribution < -0.4 is 5.32 Å². The Morgan fingerprint density at radius 3 is 2.39 bits per heavy atom. The Balaban J connectivity index is 1.58. The minimum Gasteiger partial charge on any atom is -0.507 e. The lowest BCUT2D eigenvalue weighted by Crippen LogP contribution is -2.58. The van der Waals surface area contributed by atoms with Crippen LogP contribution >= 0.6 is 0 Å². The van der Waals surface area contributed by atoms with Gasteiger partial charge < -0.3 is 10.4 Å². The average Bonchev–Trinajstić information content (AvgIpc) is 3.22. The van der Waals surface area contributed by atoms with Gasteiger partial charge in [0.1, 0.15) is 5.75 Å². The maximum Gasteiger partial charge on any atom is 0.185 e. The van der Waals surface area contributed by atoms with Gasteiger partial charge in [-0.3, -0.25) is 5.10 Å². The third kappa shape index (κ3) is 4.42. The van der Waals surface area contributed by atoms with E-state index < -0.39 is 0 Å². The zero-order valence-electron chi connectivity index (χ0n) is 18.2. The lowest BCUT2D eigenvalue weighted by molar-refractivity contribution is 0.121. The van der Waals surface area contributed by atoms with Crippen molar-refractivity contribution in [3.05, 3.63) is 42.5 Å². The predicted molar refractivity (Wildman–Crippen MR) is 117 cm³/mol. The number of rotatable bonds is 4. The van der Waals surface area contributed by atoms with E-state index in [-0.39, 0.29) is 28.7 Å². The number of nitrogens with one attached hydrogen (secondary N) is 2. The van der Waals surface area contributed by atoms with Gasteiger partial charge in [0.05, 0.1) is 35.6 Å². The van der Waals surface area contributed by atoms with Gasteiger partial charge in [-0.1, -0.05) is 6.07 Å². The van der Waals surface area contributed by atoms with Crippen LogP contribution in [0.3, 0.4) is 0 Å². The van der Waals surface area contributed by atoms with E-state index in [1.165, 1.54) is 0 Å². The van der Waals surface area contributed by atoms with Crippen molar-refractivity contribution < 1.29 is 5.11 Å². The monoisotopic (exact) mass is 417 g/mol. The summed E-state index contributed by atoms with van der Waals surface area (Å²) in [6.07, 6.45) is 6.80. The Hall–Kier alpha value is -3.31. The van der Waals surface area contributed by atoms with Gasteiger partial charge in [0.2, 0.25) is 0 Å². The van der Waals surface area contributed by atoms with Gasteiger partial charge in [0.15, 0.2) is 5.82 Å². The second kappa shape index (κ2) is 7.75. The molecule has 1 unspecified atom stereocenters. The molecule has 31 heavy (non-hydrogen) atoms. The van der Waals surface area contributed by atoms with Crippen molar-refractivity contribution in [3.8, 4) is 34.3 Å². The Morgan fingerprint density at radius 2 is 1.84 bits per heavy atom. The first kappa shape index (κ1) is 20.9. The third-order valence-corrected chi connectivity index (χ3v) is 5.80. The number of H-pyrrole nitrogens is 1. The molecular formula is C23H27N7O. The van der Waals surface area contributed by atoms with Gasteiger partial charge in [-0.25, -0.2) is 4.98 Å². The molecule has 0 aliphatic carbocycles. The molecule has 160 valence electrons. The minimum absolute atomic E-state index is 0.0620. The maximum atomic E-state index is 10.5. The zero-order valence-corrected chi connectivity index (χ0v) is 18.2. The Morgan fingerprint density at radius 1 is 1.10 bits per heavy atom. The van der Waals surface area contributed by atoms with E-state index in [9.17, 15) is 10.4 Å². The van der Waals surface area contributed by atoms with E-state index >= 15 is 0 Å². The normalized spacial score (nSPS) is 18.9. The first-order valence-electron chi connectivity index (χ1n) is 10.4. The molecule has 3 heterocycles. The van der Waals surface area contributed by atoms with E-state index in [0.717, 1.165) is 24.0 Å². The number of phenolic OH excluding ortho intramolecular Hbond substituents is 1. The SMILES string of the molecule is CC1(C)CC(C(C#N)c2cnc(-c3ccc(-c4cn[nH]c4)cc3O)nn2)CC(C)(C)N1. The number of aromatic nitrogens is 5. The molecule has 0 amide bonds. The number of hydrogen-bond acceptors (Lipinski definition) is 7. The van der Waals surface area contributed by atoms with Gasteiger partial charge in [0.25, 0.3) is 0 Å². The molecule has 2 aromatic heterocycles. The van der Waals surface area contributed by atoms with Crippen LogP contribution in [0.1, 0.15) is 52.1 Å². The third-order valence-electron chi connectivity index (χ3n) is 5.80. The van der Waals surface area contributed by atoms with Crippen molar-refractivity contribution in [3.63, 3.8) is 0 Å². The van der Waals surface area contributed by atoms with Crippen molar-refractivity contribution in [2.24, 2.45) is 5.92 Å². The summed E-state index contributed by atoms with van der Waals surface area (Å²) in [5, 5.41) is 39.3. The fourth-order valence-corrected chi connectivity index (χ4v) is 4.91. The molecule has 3 aromatic rings. The number of piperidine rings is 1. The van der Waals surface area contributed by atoms with Crippen molar-refractivity contribution in [2.45, 2.75) is 57.5 Å². The Kier molecular flexibility index (Phi) is 5.23. The van der Waals surface area contributed by atoms with Crippen LogP contribution in [0, 0.1) is 17.2 Å². The lowest BCUT2D eigenvalue weighted by Gasteiger charge is -2.47. The minimum atomic E-state index is -0.383. The number of nitrogens with zero attached hydrogens (tertiary/aromatic N) is 5. The van der Waals surface area contributed by atoms with Gasteiger partial charge in [0, 0.05) is 22.8 Å². The fourth-order valence-electron chi connectivity index (χ4n) is 4.91. The molecule has 8 nitrogen and oxygen atoms in total. The molecule has 1 saturated heterocycles. The molecule has 1 fully saturated rings. The molecule has 3 N–H and O–H groups in total. The number of aromatic hydroxyl groups is 1. The van der Waals surface area contributed by atoms with Crippen LogP contribution in [0.5, 0.6) is 5.75 Å². The molecule has 8 heteroatoms. The van der Waals surface area contributed by atoms with Gasteiger partial charge in [-0.2, -0.15) is 15.5 Å². The highest BCUT2D eigenvalue weighted by Crippen LogP contribution is 2.40. The summed E-state index contributed by atoms with van der Waals surface area (Å²) in [6, 6.07) is 7.70. The van der Waals surface area contributed by atoms with Crippen molar-refractivity contribution in [1.82, 2.24) is 30.7 Å². The second-order valence-electron chi connectivity index (χ2n) is 9.59. The average molecular weight is 418 g/mol. The van der Waals surface area contributed by atoms with Crippen LogP contribution in [0.15, 0.2) is 36.8 Å². The van der Waals surface area contributed by atoms with E-state index in [1.807, 2.05) is 6.07 Å².